The van der Waals surface area contributed by atoms with Gasteiger partial charge in [0, 0.05) is 65.6 Å². The number of fused-ring (bicyclic) bond motifs is 14. The van der Waals surface area contributed by atoms with Crippen LogP contribution in [-0.4, -0.2) is 8.80 Å². The Morgan fingerprint density at radius 3 is 1.14 bits per heavy atom. The maximum atomic E-state index is 2.59. The highest BCUT2D eigenvalue weighted by Gasteiger charge is 2.31. The Labute approximate surface area is 465 Å². The highest BCUT2D eigenvalue weighted by molar-refractivity contribution is 6.32. The third-order valence-electron chi connectivity index (χ3n) is 18.5. The Morgan fingerprint density at radius 2 is 0.700 bits per heavy atom. The molecule has 0 saturated carbocycles. The molecule has 4 nitrogen and oxygen atoms in total. The molecule has 11 aromatic carbocycles. The van der Waals surface area contributed by atoms with Gasteiger partial charge in [-0.25, -0.2) is 0 Å². The summed E-state index contributed by atoms with van der Waals surface area (Å²) in [5.41, 5.74) is 28.4. The maximum absolute atomic E-state index is 2.59. The van der Waals surface area contributed by atoms with Crippen molar-refractivity contribution in [3.8, 4) is 22.3 Å². The summed E-state index contributed by atoms with van der Waals surface area (Å²) in [5, 5.41) is 10.2. The third kappa shape index (κ3) is 6.56. The minimum absolute atomic E-state index is 1.09. The fourth-order valence-electron chi connectivity index (χ4n) is 14.9. The van der Waals surface area contributed by atoms with Crippen LogP contribution < -0.4 is 9.80 Å². The Morgan fingerprint density at radius 1 is 0.312 bits per heavy atom. The zero-order valence-corrected chi connectivity index (χ0v) is 45.2. The van der Waals surface area contributed by atoms with E-state index in [1.165, 1.54) is 180 Å². The lowest BCUT2D eigenvalue weighted by atomic mass is 9.84. The van der Waals surface area contributed by atoms with E-state index in [0.29, 0.717) is 0 Å². The van der Waals surface area contributed by atoms with Gasteiger partial charge >= 0.3 is 0 Å². The SMILES string of the molecule is Cc1ccc(N(c2ccc3c(c2-c2ccccc2)CCCC3)c2ccc3c4cc5c(cc4n4c6ccccc6c2c34)c2ccc(N(c3ccc(C)cc3)c3ccc4c(c3-c3ccccc3)CCCC4)c3c4ccccc4n5c23)cc1. The fourth-order valence-corrected chi connectivity index (χ4v) is 14.9. The zero-order chi connectivity index (χ0) is 52.7. The van der Waals surface area contributed by atoms with Gasteiger partial charge in [-0.1, -0.05) is 157 Å². The Hall–Kier alpha value is -9.38. The van der Waals surface area contributed by atoms with Gasteiger partial charge in [-0.2, -0.15) is 0 Å². The summed E-state index contributed by atoms with van der Waals surface area (Å²) in [7, 11) is 0. The van der Waals surface area contributed by atoms with Crippen LogP contribution >= 0.6 is 0 Å². The second-order valence-electron chi connectivity index (χ2n) is 23.0. The van der Waals surface area contributed by atoms with Gasteiger partial charge in [0.15, 0.2) is 0 Å². The zero-order valence-electron chi connectivity index (χ0n) is 45.2. The molecule has 0 amide bonds. The molecule has 4 aromatic heterocycles. The number of benzene rings is 11. The molecule has 80 heavy (non-hydrogen) atoms. The summed E-state index contributed by atoms with van der Waals surface area (Å²) >= 11 is 0. The molecule has 4 heteroatoms. The number of rotatable bonds is 8. The van der Waals surface area contributed by atoms with E-state index in [1.807, 2.05) is 0 Å². The predicted octanol–water partition coefficient (Wildman–Crippen LogP) is 20.6. The van der Waals surface area contributed by atoms with Crippen molar-refractivity contribution in [2.24, 2.45) is 0 Å². The summed E-state index contributed by atoms with van der Waals surface area (Å²) in [6.07, 6.45) is 9.33. The van der Waals surface area contributed by atoms with E-state index in [9.17, 15) is 0 Å². The molecule has 0 saturated heterocycles. The lowest BCUT2D eigenvalue weighted by molar-refractivity contribution is 0.687. The second-order valence-corrected chi connectivity index (χ2v) is 23.0. The van der Waals surface area contributed by atoms with Crippen LogP contribution in [0.1, 0.15) is 59.1 Å². The highest BCUT2D eigenvalue weighted by atomic mass is 15.2. The van der Waals surface area contributed by atoms with Crippen LogP contribution in [0, 0.1) is 13.8 Å². The molecule has 382 valence electrons. The molecule has 0 atom stereocenters. The smallest absolute Gasteiger partial charge is 0.0641 e. The van der Waals surface area contributed by atoms with E-state index in [2.05, 4.69) is 251 Å². The van der Waals surface area contributed by atoms with E-state index in [1.54, 1.807) is 0 Å². The highest BCUT2D eigenvalue weighted by Crippen LogP contribution is 2.54. The van der Waals surface area contributed by atoms with Crippen molar-refractivity contribution in [3.63, 3.8) is 0 Å². The van der Waals surface area contributed by atoms with Gasteiger partial charge in [-0.15, -0.1) is 0 Å². The molecule has 0 spiro atoms. The average Bonchev–Trinajstić information content (AvgIpc) is 4.35. The molecular weight excluding hydrogens is 969 g/mol. The Bertz CT molecular complexity index is 4630. The van der Waals surface area contributed by atoms with E-state index >= 15 is 0 Å². The first kappa shape index (κ1) is 45.6. The maximum Gasteiger partial charge on any atom is 0.0641 e. The number of hydrogen-bond acceptors (Lipinski definition) is 2. The van der Waals surface area contributed by atoms with Crippen LogP contribution in [0.25, 0.3) is 98.4 Å². The van der Waals surface area contributed by atoms with Crippen molar-refractivity contribution in [3.05, 3.63) is 252 Å². The lowest BCUT2D eigenvalue weighted by Gasteiger charge is -2.32. The summed E-state index contributed by atoms with van der Waals surface area (Å²) in [4.78, 5) is 5.16. The Balaban J connectivity index is 0.936. The van der Waals surface area contributed by atoms with Crippen molar-refractivity contribution in [2.75, 3.05) is 9.80 Å². The number of aryl methyl sites for hydroxylation is 4. The normalized spacial score (nSPS) is 13.7. The van der Waals surface area contributed by atoms with Gasteiger partial charge < -0.3 is 18.6 Å². The molecule has 17 rings (SSSR count). The number of nitrogens with zero attached hydrogens (tertiary/aromatic N) is 4. The molecular formula is C76H58N4. The quantitative estimate of drug-likeness (QED) is 0.151. The molecule has 2 aliphatic rings. The van der Waals surface area contributed by atoms with Crippen molar-refractivity contribution in [1.82, 2.24) is 8.80 Å². The van der Waals surface area contributed by atoms with Gasteiger partial charge in [0.05, 0.1) is 55.8 Å². The minimum Gasteiger partial charge on any atom is -0.309 e. The molecule has 15 aromatic rings. The average molecular weight is 1030 g/mol. The first-order valence-electron chi connectivity index (χ1n) is 29.0. The molecule has 4 heterocycles. The van der Waals surface area contributed by atoms with Crippen molar-refractivity contribution in [1.29, 1.82) is 0 Å². The molecule has 0 aliphatic heterocycles. The fraction of sp³-hybridized carbons (Fsp3) is 0.132. The number of anilines is 6. The van der Waals surface area contributed by atoms with Crippen LogP contribution in [0.2, 0.25) is 0 Å². The van der Waals surface area contributed by atoms with E-state index in [-0.39, 0.29) is 0 Å². The van der Waals surface area contributed by atoms with E-state index < -0.39 is 0 Å². The molecule has 0 radical (unpaired) electrons. The standard InChI is InChI=1S/C76H58N4/c1-47-29-35-53(36-30-47)77(65-41-33-49-17-9-11-23-55(49)71(65)51-19-5-3-6-20-51)67-43-39-57-61-45-70-62(46-69(61)79-63-27-15-13-25-59(63)73(67)75(57)79)58-40-44-68(74-60-26-14-16-28-64(60)80(70)76(58)74)78(54-37-31-48(2)32-38-54)66-42-34-50-18-10-12-24-56(50)72(66)52-21-7-4-8-22-52/h3-8,13-16,19-22,25-46H,9-12,17-18,23-24H2,1-2H3. The van der Waals surface area contributed by atoms with Gasteiger partial charge in [0.25, 0.3) is 0 Å². The number of aromatic nitrogens is 2. The first-order chi connectivity index (χ1) is 39.6. The van der Waals surface area contributed by atoms with Crippen LogP contribution in [-0.2, 0) is 25.7 Å². The van der Waals surface area contributed by atoms with E-state index in [4.69, 9.17) is 0 Å². The largest absolute Gasteiger partial charge is 0.309 e. The molecule has 0 bridgehead atoms. The van der Waals surface area contributed by atoms with Crippen LogP contribution in [0.3, 0.4) is 0 Å². The molecule has 0 N–H and O–H groups in total. The summed E-state index contributed by atoms with van der Waals surface area (Å²) in [6.45, 7) is 4.38. The molecule has 0 fully saturated rings. The molecule has 0 unspecified atom stereocenters. The number of hydrogen-bond donors (Lipinski definition) is 0. The molecule has 2 aliphatic carbocycles. The minimum atomic E-state index is 1.09. The van der Waals surface area contributed by atoms with Gasteiger partial charge in [-0.3, -0.25) is 0 Å². The topological polar surface area (TPSA) is 15.3 Å². The summed E-state index contributed by atoms with van der Waals surface area (Å²) in [6, 6.07) is 83.4. The van der Waals surface area contributed by atoms with Crippen molar-refractivity contribution >= 4 is 110 Å². The number of para-hydroxylation sites is 2. The predicted molar refractivity (Wildman–Crippen MR) is 339 cm³/mol. The summed E-state index contributed by atoms with van der Waals surface area (Å²) in [5.74, 6) is 0. The van der Waals surface area contributed by atoms with E-state index in [0.717, 1.165) is 37.1 Å². The van der Waals surface area contributed by atoms with Gasteiger partial charge in [0.1, 0.15) is 0 Å². The van der Waals surface area contributed by atoms with Crippen LogP contribution in [0.5, 0.6) is 0 Å². The monoisotopic (exact) mass is 1030 g/mol. The third-order valence-corrected chi connectivity index (χ3v) is 18.5. The lowest BCUT2D eigenvalue weighted by Crippen LogP contribution is -2.14. The first-order valence-corrected chi connectivity index (χ1v) is 29.0. The van der Waals surface area contributed by atoms with Gasteiger partial charge in [0.2, 0.25) is 0 Å². The van der Waals surface area contributed by atoms with Crippen LogP contribution in [0.15, 0.2) is 218 Å². The van der Waals surface area contributed by atoms with Crippen molar-refractivity contribution in [2.45, 2.75) is 65.2 Å². The summed E-state index contributed by atoms with van der Waals surface area (Å²) < 4.78 is 5.18. The van der Waals surface area contributed by atoms with Crippen molar-refractivity contribution < 1.29 is 0 Å². The second kappa shape index (κ2) is 17.6. The van der Waals surface area contributed by atoms with Crippen LogP contribution in [0.4, 0.5) is 34.1 Å². The van der Waals surface area contributed by atoms with Gasteiger partial charge in [-0.05, 0) is 171 Å². The Kier molecular flexibility index (Phi) is 10.0.